The van der Waals surface area contributed by atoms with E-state index < -0.39 is 6.04 Å². The summed E-state index contributed by atoms with van der Waals surface area (Å²) in [4.78, 5) is 34.0. The monoisotopic (exact) mass is 467 g/mol. The minimum Gasteiger partial charge on any atom is -0.383 e. The molecule has 164 valence electrons. The molecule has 32 heavy (non-hydrogen) atoms. The van der Waals surface area contributed by atoms with E-state index in [1.54, 1.807) is 59.0 Å². The zero-order valence-electron chi connectivity index (χ0n) is 17.7. The zero-order chi connectivity index (χ0) is 22.7. The molecule has 2 aromatic heterocycles. The molecule has 8 heteroatoms. The molecule has 4 aromatic rings. The van der Waals surface area contributed by atoms with Gasteiger partial charge in [0.05, 0.1) is 34.1 Å². The van der Waals surface area contributed by atoms with Crippen LogP contribution in [-0.4, -0.2) is 40.6 Å². The third kappa shape index (κ3) is 4.32. The van der Waals surface area contributed by atoms with Crippen LogP contribution < -0.4 is 5.56 Å². The Kier molecular flexibility index (Phi) is 6.69. The molecular weight excluding hydrogens is 446 g/mol. The van der Waals surface area contributed by atoms with Crippen LogP contribution in [0.1, 0.15) is 28.5 Å². The topological polar surface area (TPSA) is 64.4 Å². The Morgan fingerprint density at radius 3 is 2.59 bits per heavy atom. The van der Waals surface area contributed by atoms with Gasteiger partial charge in [-0.3, -0.25) is 14.2 Å². The smallest absolute Gasteiger partial charge is 0.266 e. The molecule has 4 rings (SSSR count). The number of rotatable bonds is 7. The van der Waals surface area contributed by atoms with Crippen LogP contribution in [0, 0.1) is 0 Å². The summed E-state index contributed by atoms with van der Waals surface area (Å²) in [6, 6.07) is 17.4. The van der Waals surface area contributed by atoms with Crippen molar-refractivity contribution in [1.82, 2.24) is 14.5 Å². The lowest BCUT2D eigenvalue weighted by molar-refractivity contribution is 0.0610. The van der Waals surface area contributed by atoms with Crippen LogP contribution in [0.15, 0.2) is 70.8 Å². The normalized spacial score (nSPS) is 12.1. The second-order valence-corrected chi connectivity index (χ2v) is 8.63. The second-order valence-electron chi connectivity index (χ2n) is 7.25. The lowest BCUT2D eigenvalue weighted by Gasteiger charge is -2.30. The number of thiophene rings is 1. The summed E-state index contributed by atoms with van der Waals surface area (Å²) in [6.45, 7) is 2.60. The molecule has 0 aliphatic rings. The van der Waals surface area contributed by atoms with E-state index >= 15 is 0 Å². The Morgan fingerprint density at radius 1 is 1.16 bits per heavy atom. The molecular formula is C24H22ClN3O3S. The molecule has 0 spiro atoms. The maximum absolute atomic E-state index is 13.5. The molecule has 0 radical (unpaired) electrons. The summed E-state index contributed by atoms with van der Waals surface area (Å²) in [5.74, 6) is 0.339. The molecule has 2 heterocycles. The first kappa shape index (κ1) is 22.2. The van der Waals surface area contributed by atoms with Crippen molar-refractivity contribution < 1.29 is 9.53 Å². The fraction of sp³-hybridized carbons (Fsp3) is 0.208. The number of halogens is 1. The van der Waals surface area contributed by atoms with Gasteiger partial charge in [0.15, 0.2) is 0 Å². The molecule has 0 saturated carbocycles. The maximum atomic E-state index is 13.5. The van der Waals surface area contributed by atoms with Gasteiger partial charge in [-0.2, -0.15) is 0 Å². The van der Waals surface area contributed by atoms with Crippen LogP contribution in [0.2, 0.25) is 5.02 Å². The first-order valence-electron chi connectivity index (χ1n) is 10.1. The molecule has 0 bridgehead atoms. The highest BCUT2D eigenvalue weighted by molar-refractivity contribution is 7.12. The summed E-state index contributed by atoms with van der Waals surface area (Å²) < 4.78 is 6.81. The first-order chi connectivity index (χ1) is 15.5. The number of aromatic nitrogens is 2. The fourth-order valence-corrected chi connectivity index (χ4v) is 4.42. The van der Waals surface area contributed by atoms with E-state index in [0.29, 0.717) is 45.5 Å². The molecule has 0 aliphatic carbocycles. The number of ether oxygens (including phenoxy) is 1. The average molecular weight is 468 g/mol. The second kappa shape index (κ2) is 9.65. The van der Waals surface area contributed by atoms with E-state index in [4.69, 9.17) is 21.3 Å². The maximum Gasteiger partial charge on any atom is 0.266 e. The molecule has 0 saturated heterocycles. The molecule has 2 aromatic carbocycles. The molecule has 6 nitrogen and oxygen atoms in total. The summed E-state index contributed by atoms with van der Waals surface area (Å²) in [5.41, 5.74) is 1.02. The van der Waals surface area contributed by atoms with Gasteiger partial charge in [0.1, 0.15) is 5.82 Å². The number of hydrogen-bond donors (Lipinski definition) is 0. The average Bonchev–Trinajstić information content (AvgIpc) is 3.35. The van der Waals surface area contributed by atoms with E-state index in [0.717, 1.165) is 0 Å². The van der Waals surface area contributed by atoms with Crippen molar-refractivity contribution in [2.75, 3.05) is 20.3 Å². The molecule has 0 fully saturated rings. The third-order valence-electron chi connectivity index (χ3n) is 5.26. The highest BCUT2D eigenvalue weighted by Crippen LogP contribution is 2.26. The molecule has 0 aliphatic heterocycles. The van der Waals surface area contributed by atoms with Gasteiger partial charge in [-0.05, 0) is 54.8 Å². The number of fused-ring (bicyclic) bond motifs is 1. The predicted molar refractivity (Wildman–Crippen MR) is 128 cm³/mol. The molecule has 1 unspecified atom stereocenters. The van der Waals surface area contributed by atoms with E-state index in [9.17, 15) is 9.59 Å². The number of methoxy groups -OCH3 is 1. The van der Waals surface area contributed by atoms with Gasteiger partial charge in [-0.15, -0.1) is 11.3 Å². The lowest BCUT2D eigenvalue weighted by Crippen LogP contribution is -2.39. The number of carbonyl (C=O) groups is 1. The van der Waals surface area contributed by atoms with Crippen LogP contribution >= 0.6 is 22.9 Å². The minimum atomic E-state index is -0.493. The number of para-hydroxylation sites is 1. The largest absolute Gasteiger partial charge is 0.383 e. The zero-order valence-corrected chi connectivity index (χ0v) is 19.3. The van der Waals surface area contributed by atoms with Crippen molar-refractivity contribution in [3.8, 4) is 5.69 Å². The van der Waals surface area contributed by atoms with Crippen molar-refractivity contribution in [3.63, 3.8) is 0 Å². The van der Waals surface area contributed by atoms with Crippen LogP contribution in [0.25, 0.3) is 16.6 Å². The number of carbonyl (C=O) groups excluding carboxylic acids is 1. The van der Waals surface area contributed by atoms with Gasteiger partial charge in [0, 0.05) is 18.7 Å². The lowest BCUT2D eigenvalue weighted by atomic mass is 10.1. The van der Waals surface area contributed by atoms with Crippen LogP contribution in [0.5, 0.6) is 0 Å². The van der Waals surface area contributed by atoms with E-state index in [1.165, 1.54) is 11.3 Å². The van der Waals surface area contributed by atoms with Crippen molar-refractivity contribution in [3.05, 3.63) is 92.1 Å². The predicted octanol–water partition coefficient (Wildman–Crippen LogP) is 4.95. The van der Waals surface area contributed by atoms with Crippen molar-refractivity contribution >= 4 is 39.7 Å². The van der Waals surface area contributed by atoms with Gasteiger partial charge < -0.3 is 9.64 Å². The SMILES string of the molecule is COCCN(C(=O)c1cccs1)C(C)c1nc2ccccc2c(=O)n1-c1ccc(Cl)cc1. The molecule has 1 amide bonds. The Morgan fingerprint density at radius 2 is 1.91 bits per heavy atom. The summed E-state index contributed by atoms with van der Waals surface area (Å²) in [6.07, 6.45) is 0. The quantitative estimate of drug-likeness (QED) is 0.385. The van der Waals surface area contributed by atoms with Crippen LogP contribution in [0.4, 0.5) is 0 Å². The van der Waals surface area contributed by atoms with E-state index in [-0.39, 0.29) is 11.5 Å². The van der Waals surface area contributed by atoms with Crippen molar-refractivity contribution in [2.24, 2.45) is 0 Å². The Labute approximate surface area is 194 Å². The number of amides is 1. The van der Waals surface area contributed by atoms with Gasteiger partial charge in [-0.1, -0.05) is 29.8 Å². The van der Waals surface area contributed by atoms with Gasteiger partial charge in [-0.25, -0.2) is 4.98 Å². The molecule has 0 N–H and O–H groups in total. The van der Waals surface area contributed by atoms with Crippen molar-refractivity contribution in [1.29, 1.82) is 0 Å². The third-order valence-corrected chi connectivity index (χ3v) is 6.37. The van der Waals surface area contributed by atoms with Gasteiger partial charge >= 0.3 is 0 Å². The van der Waals surface area contributed by atoms with E-state index in [1.807, 2.05) is 30.5 Å². The first-order valence-corrected chi connectivity index (χ1v) is 11.4. The molecule has 1 atom stereocenters. The number of nitrogens with zero attached hydrogens (tertiary/aromatic N) is 3. The Bertz CT molecular complexity index is 1290. The van der Waals surface area contributed by atoms with Gasteiger partial charge in [0.2, 0.25) is 0 Å². The Hall–Kier alpha value is -3.00. The van der Waals surface area contributed by atoms with E-state index in [2.05, 4.69) is 0 Å². The highest BCUT2D eigenvalue weighted by atomic mass is 35.5. The summed E-state index contributed by atoms with van der Waals surface area (Å²) >= 11 is 7.45. The fourth-order valence-electron chi connectivity index (χ4n) is 3.61. The van der Waals surface area contributed by atoms with Crippen molar-refractivity contribution in [2.45, 2.75) is 13.0 Å². The van der Waals surface area contributed by atoms with Crippen LogP contribution in [-0.2, 0) is 4.74 Å². The minimum absolute atomic E-state index is 0.130. The van der Waals surface area contributed by atoms with Gasteiger partial charge in [0.25, 0.3) is 11.5 Å². The summed E-state index contributed by atoms with van der Waals surface area (Å²) in [7, 11) is 1.59. The summed E-state index contributed by atoms with van der Waals surface area (Å²) in [5, 5.41) is 2.94. The Balaban J connectivity index is 1.90. The van der Waals surface area contributed by atoms with Crippen LogP contribution in [0.3, 0.4) is 0 Å². The number of benzene rings is 2. The number of hydrogen-bond acceptors (Lipinski definition) is 5. The highest BCUT2D eigenvalue weighted by Gasteiger charge is 2.28. The standard InChI is InChI=1S/C24H22ClN3O3S/c1-16(27(13-14-31-2)24(30)21-8-5-15-32-21)22-26-20-7-4-3-6-19(20)23(29)28(22)18-11-9-17(25)10-12-18/h3-12,15-16H,13-14H2,1-2H3.